The molecule has 9 heterocycles. The third-order valence-electron chi connectivity index (χ3n) is 15.8. The van der Waals surface area contributed by atoms with E-state index in [9.17, 15) is 19.2 Å². The molecule has 4 aromatic heterocycles. The first-order chi connectivity index (χ1) is 41.2. The van der Waals surface area contributed by atoms with Crippen molar-refractivity contribution in [3.05, 3.63) is 174 Å². The molecule has 4 amide bonds. The first kappa shape index (κ1) is 56.5. The summed E-state index contributed by atoms with van der Waals surface area (Å²) < 4.78 is 0. The van der Waals surface area contributed by atoms with Crippen LogP contribution in [0.4, 0.5) is 22.7 Å². The number of carbonyl (C=O) groups excluding carboxylic acids is 4. The molecule has 4 aromatic carbocycles. The van der Waals surface area contributed by atoms with Gasteiger partial charge in [-0.25, -0.2) is 9.97 Å². The van der Waals surface area contributed by atoms with Gasteiger partial charge in [0.15, 0.2) is 0 Å². The molecule has 0 radical (unpaired) electrons. The Morgan fingerprint density at radius 3 is 1.21 bits per heavy atom. The van der Waals surface area contributed by atoms with Gasteiger partial charge in [-0.05, 0) is 147 Å². The number of rotatable bonds is 6. The van der Waals surface area contributed by atoms with Crippen LogP contribution < -0.4 is 36.6 Å². The molecule has 0 aliphatic carbocycles. The van der Waals surface area contributed by atoms with Crippen LogP contribution in [-0.4, -0.2) is 119 Å². The molecule has 8 aromatic rings. The zero-order chi connectivity index (χ0) is 56.9. The fraction of sp³-hybridized carbons (Fsp3) is 0.209. The van der Waals surface area contributed by atoms with Gasteiger partial charge >= 0.3 is 19.5 Å². The summed E-state index contributed by atoms with van der Waals surface area (Å²) in [4.78, 5) is 90.5. The maximum absolute atomic E-state index is 14.7. The van der Waals surface area contributed by atoms with Crippen molar-refractivity contribution in [2.24, 2.45) is 0 Å². The number of aromatic nitrogens is 5. The van der Waals surface area contributed by atoms with E-state index in [1.807, 2.05) is 158 Å². The van der Waals surface area contributed by atoms with E-state index in [4.69, 9.17) is 19.9 Å². The molecule has 420 valence electrons. The Hall–Kier alpha value is -9.03. The first-order valence-electron chi connectivity index (χ1n) is 28.6. The monoisotopic (exact) mass is 1180 g/mol. The Labute approximate surface area is 504 Å². The van der Waals surface area contributed by atoms with Gasteiger partial charge in [0.2, 0.25) is 23.6 Å². The fourth-order valence-corrected chi connectivity index (χ4v) is 12.0. The Morgan fingerprint density at radius 1 is 0.459 bits per heavy atom. The minimum Gasteiger partial charge on any atom is -0.657 e. The van der Waals surface area contributed by atoms with E-state index in [1.54, 1.807) is 12.4 Å². The molecule has 85 heavy (non-hydrogen) atoms. The molecular weight excluding hydrogens is 1120 g/mol. The van der Waals surface area contributed by atoms with Crippen molar-refractivity contribution in [1.29, 1.82) is 0 Å². The average Bonchev–Trinajstić information content (AvgIpc) is 4.31. The summed E-state index contributed by atoms with van der Waals surface area (Å²) in [5, 5.41) is 16.4. The number of hydrogen-bond donors (Lipinski definition) is 5. The van der Waals surface area contributed by atoms with E-state index in [0.29, 0.717) is 158 Å². The molecule has 18 heteroatoms. The first-order valence-corrected chi connectivity index (χ1v) is 28.6. The molecule has 5 aliphatic heterocycles. The van der Waals surface area contributed by atoms with Crippen LogP contribution in [0.15, 0.2) is 146 Å². The van der Waals surface area contributed by atoms with Crippen molar-refractivity contribution < 1.29 is 38.7 Å². The molecule has 0 saturated carbocycles. The third kappa shape index (κ3) is 12.5. The van der Waals surface area contributed by atoms with Crippen LogP contribution in [0, 0.1) is 0 Å². The van der Waals surface area contributed by atoms with Crippen LogP contribution in [0.2, 0.25) is 0 Å². The number of anilines is 4. The predicted molar refractivity (Wildman–Crippen MR) is 332 cm³/mol. The van der Waals surface area contributed by atoms with E-state index >= 15 is 0 Å². The van der Waals surface area contributed by atoms with Crippen molar-refractivity contribution in [1.82, 2.24) is 44.9 Å². The van der Waals surface area contributed by atoms with Crippen molar-refractivity contribution in [3.63, 3.8) is 0 Å². The Bertz CT molecular complexity index is 4050. The minimum atomic E-state index is -0.242. The Balaban J connectivity index is 0.00000709. The number of para-hydroxylation sites is 4. The second-order valence-corrected chi connectivity index (χ2v) is 21.6. The molecule has 3 unspecified atom stereocenters. The van der Waals surface area contributed by atoms with Crippen LogP contribution in [0.1, 0.15) is 47.6 Å². The van der Waals surface area contributed by atoms with Crippen molar-refractivity contribution in [2.75, 3.05) is 86.7 Å². The number of benzene rings is 4. The van der Waals surface area contributed by atoms with Crippen molar-refractivity contribution >= 4 is 92.7 Å². The molecule has 5 N–H and O–H groups in total. The van der Waals surface area contributed by atoms with Gasteiger partial charge in [-0.15, -0.1) is 22.1 Å². The summed E-state index contributed by atoms with van der Waals surface area (Å²) in [5.41, 5.74) is 13.3. The standard InChI is InChI=1S/C67H63N13O4.Zn/c81-60(39-69-38-43-28-30-68-31-29-43)74-48-16-5-1-12-44(48)64-52-20-22-54(70-52)65-45-13-2-6-17-49(45)75-61(82)40-78-32-9-33-79-35-11-37-80(36-10-34-78)42-63(84)77-51-19-8-4-15-47(51)67(58-26-24-56(65)72-58)59-27-25-57(73-59)66(55-23-21-53(64)71-55)46-14-3-7-18-50(46)76-62(83)41-79;/h1-8,12-31,69H,9-11,32-42H2,(H6,70,71,72,73,74,75,76,77,81,82,83,84);/q;+2/p-2. The second-order valence-electron chi connectivity index (χ2n) is 21.6. The fourth-order valence-electron chi connectivity index (χ4n) is 12.0. The van der Waals surface area contributed by atoms with E-state index in [-0.39, 0.29) is 69.3 Å². The van der Waals surface area contributed by atoms with Gasteiger partial charge in [-0.2, -0.15) is 0 Å². The molecule has 1 fully saturated rings. The normalized spacial score (nSPS) is 17.8. The van der Waals surface area contributed by atoms with Gasteiger partial charge in [-0.1, -0.05) is 97.1 Å². The SMILES string of the molecule is O=C(CNCc1ccncc1)Nc1ccccc1-c1c2nc(c3c4ccc([n-]4)c4c5nc(c(c6ccc1[n-]6)-c1ccccc1NC(=O)CN1CCCN(CCCN(CCC1)CC(=O)Nc1ccccc1-4)CC(=O)Nc1ccccc1-3)C=C5)C=C2.[Zn+2]. The summed E-state index contributed by atoms with van der Waals surface area (Å²) in [6.45, 7) is 4.60. The van der Waals surface area contributed by atoms with Crippen molar-refractivity contribution in [3.8, 4) is 44.5 Å². The molecule has 1 saturated heterocycles. The summed E-state index contributed by atoms with van der Waals surface area (Å²) >= 11 is 0. The number of pyridine rings is 1. The van der Waals surface area contributed by atoms with Gasteiger partial charge in [0.25, 0.3) is 0 Å². The van der Waals surface area contributed by atoms with Gasteiger partial charge in [0.1, 0.15) is 0 Å². The largest absolute Gasteiger partial charge is 2.00 e. The van der Waals surface area contributed by atoms with Gasteiger partial charge in [0, 0.05) is 63.9 Å². The zero-order valence-corrected chi connectivity index (χ0v) is 50.0. The minimum absolute atomic E-state index is 0. The maximum atomic E-state index is 14.7. The van der Waals surface area contributed by atoms with Gasteiger partial charge < -0.3 is 36.6 Å². The van der Waals surface area contributed by atoms with Crippen LogP contribution in [0.5, 0.6) is 0 Å². The molecule has 0 spiro atoms. The van der Waals surface area contributed by atoms with E-state index < -0.39 is 0 Å². The smallest absolute Gasteiger partial charge is 0.657 e. The number of hydrogen-bond acceptors (Lipinski definition) is 11. The molecule has 14 bridgehead atoms. The van der Waals surface area contributed by atoms with Crippen LogP contribution >= 0.6 is 0 Å². The summed E-state index contributed by atoms with van der Waals surface area (Å²) in [7, 11) is 0. The quantitative estimate of drug-likeness (QED) is 0.0986. The van der Waals surface area contributed by atoms with E-state index in [1.165, 1.54) is 0 Å². The van der Waals surface area contributed by atoms with Crippen molar-refractivity contribution in [2.45, 2.75) is 25.8 Å². The zero-order valence-electron chi connectivity index (χ0n) is 47.0. The van der Waals surface area contributed by atoms with E-state index in [2.05, 4.69) is 46.3 Å². The maximum Gasteiger partial charge on any atom is 2.00 e. The Morgan fingerprint density at radius 2 is 0.812 bits per heavy atom. The summed E-state index contributed by atoms with van der Waals surface area (Å²) in [5.74, 6) is -0.786. The second kappa shape index (κ2) is 25.4. The summed E-state index contributed by atoms with van der Waals surface area (Å²) in [6.07, 6.45) is 13.5. The molecule has 13 rings (SSSR count). The van der Waals surface area contributed by atoms with Crippen LogP contribution in [0.3, 0.4) is 0 Å². The number of amides is 4. The van der Waals surface area contributed by atoms with Gasteiger partial charge in [0.05, 0.1) is 49.0 Å². The number of nitrogens with zero attached hydrogens (tertiary/aromatic N) is 8. The number of nitrogens with one attached hydrogen (secondary N) is 5. The molecule has 5 aliphatic rings. The molecule has 3 atom stereocenters. The molecule has 17 nitrogen and oxygen atoms in total. The van der Waals surface area contributed by atoms with E-state index in [0.717, 1.165) is 24.8 Å². The number of carbonyl (C=O) groups is 4. The number of fused-ring (bicyclic) bond motifs is 18. The van der Waals surface area contributed by atoms with Crippen LogP contribution in [-0.2, 0) is 45.2 Å². The topological polar surface area (TPSA) is 205 Å². The predicted octanol–water partition coefficient (Wildman–Crippen LogP) is 9.64. The molecular formula is C67H61N13O4Zn. The van der Waals surface area contributed by atoms with Gasteiger partial charge in [-0.3, -0.25) is 38.9 Å². The summed E-state index contributed by atoms with van der Waals surface area (Å²) in [6, 6.07) is 42.6. The Kier molecular flexibility index (Phi) is 16.9. The third-order valence-corrected chi connectivity index (χ3v) is 15.8. The van der Waals surface area contributed by atoms with Crippen LogP contribution in [0.25, 0.3) is 90.9 Å². The average molecular weight is 1180 g/mol.